The summed E-state index contributed by atoms with van der Waals surface area (Å²) in [4.78, 5) is 2.56. The number of rotatable bonds is 7. The molecule has 0 unspecified atom stereocenters. The summed E-state index contributed by atoms with van der Waals surface area (Å²) in [6, 6.07) is 7.00. The number of nitrogens with zero attached hydrogens (tertiary/aromatic N) is 1. The molecule has 2 rings (SSSR count). The number of benzene rings is 1. The van der Waals surface area contributed by atoms with Crippen molar-refractivity contribution in [1.29, 1.82) is 0 Å². The van der Waals surface area contributed by atoms with Gasteiger partial charge in [0, 0.05) is 31.0 Å². The molecule has 0 amide bonds. The summed E-state index contributed by atoms with van der Waals surface area (Å²) in [6.45, 7) is 8.05. The highest BCUT2D eigenvalue weighted by molar-refractivity contribution is 5.63. The second-order valence-corrected chi connectivity index (χ2v) is 5.57. The number of hydrogen-bond donors (Lipinski definition) is 1. The van der Waals surface area contributed by atoms with Crippen molar-refractivity contribution in [3.05, 3.63) is 23.8 Å². The summed E-state index contributed by atoms with van der Waals surface area (Å²) in [5.41, 5.74) is 4.25. The minimum absolute atomic E-state index is 1.13. The van der Waals surface area contributed by atoms with Gasteiger partial charge in [-0.05, 0) is 43.4 Å². The monoisotopic (exact) mass is 260 g/mol. The molecule has 1 aliphatic heterocycles. The number of nitrogens with one attached hydrogen (secondary N) is 1. The lowest BCUT2D eigenvalue weighted by atomic mass is 10.0. The van der Waals surface area contributed by atoms with E-state index in [-0.39, 0.29) is 0 Å². The topological polar surface area (TPSA) is 15.3 Å². The van der Waals surface area contributed by atoms with Gasteiger partial charge in [0.25, 0.3) is 0 Å². The Hall–Kier alpha value is -1.18. The highest BCUT2D eigenvalue weighted by atomic mass is 15.1. The summed E-state index contributed by atoms with van der Waals surface area (Å²) in [6.07, 6.45) is 7.61. The van der Waals surface area contributed by atoms with Crippen molar-refractivity contribution in [1.82, 2.24) is 0 Å². The van der Waals surface area contributed by atoms with Crippen LogP contribution in [-0.2, 0) is 6.42 Å². The molecule has 0 saturated heterocycles. The molecule has 0 saturated carbocycles. The van der Waals surface area contributed by atoms with E-state index < -0.39 is 0 Å². The smallest absolute Gasteiger partial charge is 0.0393 e. The van der Waals surface area contributed by atoms with Crippen LogP contribution in [0.15, 0.2) is 18.2 Å². The Labute approximate surface area is 118 Å². The van der Waals surface area contributed by atoms with Gasteiger partial charge in [-0.25, -0.2) is 0 Å². The number of unbranched alkanes of at least 4 members (excludes halogenated alkanes) is 2. The molecule has 0 aromatic heterocycles. The van der Waals surface area contributed by atoms with Gasteiger partial charge in [-0.2, -0.15) is 0 Å². The lowest BCUT2D eigenvalue weighted by molar-refractivity contribution is 0.677. The van der Waals surface area contributed by atoms with Crippen LogP contribution in [0.1, 0.15) is 51.5 Å². The van der Waals surface area contributed by atoms with Gasteiger partial charge in [-0.15, -0.1) is 0 Å². The van der Waals surface area contributed by atoms with E-state index in [0.29, 0.717) is 0 Å². The van der Waals surface area contributed by atoms with Crippen LogP contribution < -0.4 is 10.2 Å². The van der Waals surface area contributed by atoms with Crippen LogP contribution in [0.25, 0.3) is 0 Å². The summed E-state index contributed by atoms with van der Waals surface area (Å²) in [7, 11) is 0. The third-order valence-corrected chi connectivity index (χ3v) is 3.96. The fourth-order valence-electron chi connectivity index (χ4n) is 2.71. The molecule has 19 heavy (non-hydrogen) atoms. The molecule has 1 aliphatic rings. The van der Waals surface area contributed by atoms with Crippen LogP contribution in [0.5, 0.6) is 0 Å². The highest BCUT2D eigenvalue weighted by Crippen LogP contribution is 2.27. The Morgan fingerprint density at radius 1 is 1.11 bits per heavy atom. The number of aryl methyl sites for hydroxylation is 1. The van der Waals surface area contributed by atoms with E-state index in [2.05, 4.69) is 42.3 Å². The molecular formula is C17H28N2. The van der Waals surface area contributed by atoms with E-state index in [9.17, 15) is 0 Å². The van der Waals surface area contributed by atoms with Crippen molar-refractivity contribution < 1.29 is 0 Å². The molecule has 0 atom stereocenters. The van der Waals surface area contributed by atoms with E-state index >= 15 is 0 Å². The van der Waals surface area contributed by atoms with Crippen LogP contribution in [-0.4, -0.2) is 19.6 Å². The Balaban J connectivity index is 2.10. The standard InChI is InChI=1S/C17H28N2/c1-3-5-12-19(13-6-4-2)16-10-9-15-8-7-11-18-17(15)14-16/h9-10,14,18H,3-8,11-13H2,1-2H3. The minimum Gasteiger partial charge on any atom is -0.385 e. The van der Waals surface area contributed by atoms with E-state index in [4.69, 9.17) is 0 Å². The highest BCUT2D eigenvalue weighted by Gasteiger charge is 2.11. The number of hydrogen-bond acceptors (Lipinski definition) is 2. The molecule has 0 fully saturated rings. The first-order valence-electron chi connectivity index (χ1n) is 7.97. The van der Waals surface area contributed by atoms with Crippen LogP contribution in [0.4, 0.5) is 11.4 Å². The second kappa shape index (κ2) is 7.42. The Kier molecular flexibility index (Phi) is 5.56. The fourth-order valence-corrected chi connectivity index (χ4v) is 2.71. The maximum atomic E-state index is 3.54. The molecular weight excluding hydrogens is 232 g/mol. The van der Waals surface area contributed by atoms with Gasteiger partial charge in [0.1, 0.15) is 0 Å². The number of fused-ring (bicyclic) bond motifs is 1. The molecule has 1 heterocycles. The van der Waals surface area contributed by atoms with Gasteiger partial charge < -0.3 is 10.2 Å². The zero-order valence-electron chi connectivity index (χ0n) is 12.5. The maximum Gasteiger partial charge on any atom is 0.0393 e. The Morgan fingerprint density at radius 2 is 1.84 bits per heavy atom. The van der Waals surface area contributed by atoms with E-state index in [1.807, 2.05) is 0 Å². The first-order chi connectivity index (χ1) is 9.35. The first kappa shape index (κ1) is 14.2. The van der Waals surface area contributed by atoms with Crippen LogP contribution in [0, 0.1) is 0 Å². The molecule has 1 aromatic carbocycles. The zero-order valence-corrected chi connectivity index (χ0v) is 12.5. The molecule has 106 valence electrons. The Morgan fingerprint density at radius 3 is 2.53 bits per heavy atom. The first-order valence-corrected chi connectivity index (χ1v) is 7.97. The maximum absolute atomic E-state index is 3.54. The summed E-state index contributed by atoms with van der Waals surface area (Å²) >= 11 is 0. The lowest BCUT2D eigenvalue weighted by Gasteiger charge is -2.27. The third-order valence-electron chi connectivity index (χ3n) is 3.96. The van der Waals surface area contributed by atoms with Gasteiger partial charge >= 0.3 is 0 Å². The van der Waals surface area contributed by atoms with Gasteiger partial charge in [-0.3, -0.25) is 0 Å². The van der Waals surface area contributed by atoms with Crippen LogP contribution in [0.2, 0.25) is 0 Å². The molecule has 0 aliphatic carbocycles. The van der Waals surface area contributed by atoms with Gasteiger partial charge in [-0.1, -0.05) is 32.8 Å². The summed E-state index contributed by atoms with van der Waals surface area (Å²) < 4.78 is 0. The summed E-state index contributed by atoms with van der Waals surface area (Å²) in [5.74, 6) is 0. The fraction of sp³-hybridized carbons (Fsp3) is 0.647. The van der Waals surface area contributed by atoms with Crippen LogP contribution >= 0.6 is 0 Å². The lowest BCUT2D eigenvalue weighted by Crippen LogP contribution is -2.26. The Bertz CT molecular complexity index is 379. The van der Waals surface area contributed by atoms with E-state index in [1.165, 1.54) is 68.6 Å². The molecule has 0 spiro atoms. The normalized spacial score (nSPS) is 13.8. The molecule has 0 bridgehead atoms. The predicted octanol–water partition coefficient (Wildman–Crippen LogP) is 4.45. The molecule has 1 N–H and O–H groups in total. The molecule has 2 heteroatoms. The quantitative estimate of drug-likeness (QED) is 0.779. The van der Waals surface area contributed by atoms with Crippen molar-refractivity contribution in [3.63, 3.8) is 0 Å². The predicted molar refractivity (Wildman–Crippen MR) is 85.3 cm³/mol. The summed E-state index contributed by atoms with van der Waals surface area (Å²) in [5, 5.41) is 3.54. The number of anilines is 2. The van der Waals surface area contributed by atoms with Gasteiger partial charge in [0.15, 0.2) is 0 Å². The average Bonchev–Trinajstić information content (AvgIpc) is 2.47. The van der Waals surface area contributed by atoms with Crippen molar-refractivity contribution in [3.8, 4) is 0 Å². The average molecular weight is 260 g/mol. The minimum atomic E-state index is 1.13. The largest absolute Gasteiger partial charge is 0.385 e. The molecule has 0 radical (unpaired) electrons. The van der Waals surface area contributed by atoms with Gasteiger partial charge in [0.05, 0.1) is 0 Å². The molecule has 1 aromatic rings. The molecule has 2 nitrogen and oxygen atoms in total. The van der Waals surface area contributed by atoms with E-state index in [1.54, 1.807) is 0 Å². The SMILES string of the molecule is CCCCN(CCCC)c1ccc2c(c1)NCCC2. The third kappa shape index (κ3) is 3.89. The van der Waals surface area contributed by atoms with Crippen molar-refractivity contribution in [2.75, 3.05) is 29.9 Å². The van der Waals surface area contributed by atoms with Crippen molar-refractivity contribution in [2.24, 2.45) is 0 Å². The second-order valence-electron chi connectivity index (χ2n) is 5.57. The van der Waals surface area contributed by atoms with Crippen molar-refractivity contribution in [2.45, 2.75) is 52.4 Å². The van der Waals surface area contributed by atoms with E-state index in [0.717, 1.165) is 6.54 Å². The van der Waals surface area contributed by atoms with Gasteiger partial charge in [0.2, 0.25) is 0 Å². The zero-order chi connectivity index (χ0) is 13.5. The van der Waals surface area contributed by atoms with Crippen molar-refractivity contribution >= 4 is 11.4 Å². The van der Waals surface area contributed by atoms with Crippen LogP contribution in [0.3, 0.4) is 0 Å².